The molecule has 29 heavy (non-hydrogen) atoms. The van der Waals surface area contributed by atoms with E-state index in [1.807, 2.05) is 6.07 Å². The van der Waals surface area contributed by atoms with Gasteiger partial charge in [0.05, 0.1) is 18.1 Å². The van der Waals surface area contributed by atoms with Gasteiger partial charge in [0.1, 0.15) is 5.82 Å². The highest BCUT2D eigenvalue weighted by Gasteiger charge is 2.40. The fourth-order valence-electron chi connectivity index (χ4n) is 3.36. The SMILES string of the molecule is CCOC(=O)C1=C(C)N(c2ccccc2)C(=O)C[C@H]1C(=O)Nc1cccc(F)c1. The van der Waals surface area contributed by atoms with Crippen LogP contribution in [0, 0.1) is 11.7 Å². The van der Waals surface area contributed by atoms with E-state index in [1.54, 1.807) is 38.1 Å². The molecular weight excluding hydrogens is 375 g/mol. The molecule has 2 aromatic rings. The number of nitrogens with one attached hydrogen (secondary N) is 1. The van der Waals surface area contributed by atoms with E-state index < -0.39 is 23.6 Å². The van der Waals surface area contributed by atoms with Gasteiger partial charge in [-0.3, -0.25) is 14.5 Å². The summed E-state index contributed by atoms with van der Waals surface area (Å²) in [6, 6.07) is 14.3. The Bertz CT molecular complexity index is 972. The van der Waals surface area contributed by atoms with Gasteiger partial charge in [0.15, 0.2) is 0 Å². The number of nitrogens with zero attached hydrogens (tertiary/aromatic N) is 1. The second-order valence-corrected chi connectivity index (χ2v) is 6.54. The lowest BCUT2D eigenvalue weighted by Gasteiger charge is -2.33. The molecule has 1 aliphatic heterocycles. The molecule has 0 bridgehead atoms. The van der Waals surface area contributed by atoms with Crippen LogP contribution < -0.4 is 10.2 Å². The van der Waals surface area contributed by atoms with E-state index in [9.17, 15) is 18.8 Å². The molecule has 150 valence electrons. The van der Waals surface area contributed by atoms with Crippen LogP contribution >= 0.6 is 0 Å². The maximum absolute atomic E-state index is 13.4. The summed E-state index contributed by atoms with van der Waals surface area (Å²) in [4.78, 5) is 39.8. The van der Waals surface area contributed by atoms with Crippen molar-refractivity contribution in [2.75, 3.05) is 16.8 Å². The van der Waals surface area contributed by atoms with Crippen LogP contribution in [0.25, 0.3) is 0 Å². The van der Waals surface area contributed by atoms with Crippen molar-refractivity contribution in [2.45, 2.75) is 20.3 Å². The first-order valence-electron chi connectivity index (χ1n) is 9.24. The summed E-state index contributed by atoms with van der Waals surface area (Å²) in [5, 5.41) is 2.58. The molecule has 3 rings (SSSR count). The van der Waals surface area contributed by atoms with E-state index >= 15 is 0 Å². The van der Waals surface area contributed by atoms with Crippen LogP contribution in [0.3, 0.4) is 0 Å². The van der Waals surface area contributed by atoms with Crippen molar-refractivity contribution in [3.63, 3.8) is 0 Å². The van der Waals surface area contributed by atoms with Crippen molar-refractivity contribution in [3.8, 4) is 0 Å². The summed E-state index contributed by atoms with van der Waals surface area (Å²) in [6.45, 7) is 3.41. The predicted octanol–water partition coefficient (Wildman–Crippen LogP) is 3.65. The van der Waals surface area contributed by atoms with E-state index in [1.165, 1.54) is 29.2 Å². The first kappa shape index (κ1) is 20.3. The van der Waals surface area contributed by atoms with E-state index in [2.05, 4.69) is 5.32 Å². The minimum atomic E-state index is -1.04. The molecule has 1 atom stereocenters. The van der Waals surface area contributed by atoms with Crippen LogP contribution in [0.2, 0.25) is 0 Å². The Morgan fingerprint density at radius 3 is 2.55 bits per heavy atom. The predicted molar refractivity (Wildman–Crippen MR) is 106 cm³/mol. The van der Waals surface area contributed by atoms with Crippen LogP contribution in [-0.2, 0) is 19.1 Å². The smallest absolute Gasteiger partial charge is 0.336 e. The zero-order chi connectivity index (χ0) is 21.0. The lowest BCUT2D eigenvalue weighted by Crippen LogP contribution is -2.43. The molecule has 0 aromatic heterocycles. The van der Waals surface area contributed by atoms with Crippen molar-refractivity contribution < 1.29 is 23.5 Å². The summed E-state index contributed by atoms with van der Waals surface area (Å²) in [5.74, 6) is -3.09. The standard InChI is InChI=1S/C22H21FN2O4/c1-3-29-22(28)20-14(2)25(17-10-5-4-6-11-17)19(26)13-18(20)21(27)24-16-9-7-8-15(23)12-16/h4-12,18H,3,13H2,1-2H3,(H,24,27)/t18-/m1/s1. The van der Waals surface area contributed by atoms with Gasteiger partial charge in [-0.1, -0.05) is 24.3 Å². The van der Waals surface area contributed by atoms with Gasteiger partial charge in [-0.05, 0) is 44.2 Å². The zero-order valence-electron chi connectivity index (χ0n) is 16.1. The second kappa shape index (κ2) is 8.68. The highest BCUT2D eigenvalue weighted by molar-refractivity contribution is 6.10. The van der Waals surface area contributed by atoms with Crippen molar-refractivity contribution >= 4 is 29.2 Å². The van der Waals surface area contributed by atoms with Crippen LogP contribution in [0.15, 0.2) is 65.9 Å². The Kier molecular flexibility index (Phi) is 6.07. The van der Waals surface area contributed by atoms with Gasteiger partial charge >= 0.3 is 5.97 Å². The summed E-state index contributed by atoms with van der Waals surface area (Å²) in [7, 11) is 0. The van der Waals surface area contributed by atoms with Crippen molar-refractivity contribution in [1.29, 1.82) is 0 Å². The summed E-state index contributed by atoms with van der Waals surface area (Å²) in [6.07, 6.45) is -0.207. The van der Waals surface area contributed by atoms with Gasteiger partial charge in [0.2, 0.25) is 11.8 Å². The third-order valence-electron chi connectivity index (χ3n) is 4.62. The molecule has 0 radical (unpaired) electrons. The normalized spacial score (nSPS) is 16.6. The molecule has 0 aliphatic carbocycles. The number of rotatable bonds is 5. The largest absolute Gasteiger partial charge is 0.463 e. The fraction of sp³-hybridized carbons (Fsp3) is 0.227. The number of carbonyl (C=O) groups excluding carboxylic acids is 3. The average molecular weight is 396 g/mol. The highest BCUT2D eigenvalue weighted by atomic mass is 19.1. The van der Waals surface area contributed by atoms with Gasteiger partial charge in [-0.15, -0.1) is 0 Å². The number of hydrogen-bond acceptors (Lipinski definition) is 4. The number of para-hydroxylation sites is 1. The van der Waals surface area contributed by atoms with Crippen LogP contribution in [0.5, 0.6) is 0 Å². The molecule has 0 fully saturated rings. The number of halogens is 1. The van der Waals surface area contributed by atoms with Gasteiger partial charge in [-0.25, -0.2) is 9.18 Å². The maximum atomic E-state index is 13.4. The fourth-order valence-corrected chi connectivity index (χ4v) is 3.36. The van der Waals surface area contributed by atoms with Gasteiger partial charge in [0.25, 0.3) is 0 Å². The molecule has 2 amide bonds. The number of carbonyl (C=O) groups is 3. The van der Waals surface area contributed by atoms with E-state index in [0.29, 0.717) is 11.4 Å². The van der Waals surface area contributed by atoms with Crippen LogP contribution in [-0.4, -0.2) is 24.4 Å². The molecule has 6 nitrogen and oxygen atoms in total. The molecule has 2 aromatic carbocycles. The number of esters is 1. The molecular formula is C22H21FN2O4. The Hall–Kier alpha value is -3.48. The molecule has 0 unspecified atom stereocenters. The molecule has 1 N–H and O–H groups in total. The molecule has 1 aliphatic rings. The summed E-state index contributed by atoms with van der Waals surface area (Å²) < 4.78 is 18.6. The van der Waals surface area contributed by atoms with Crippen molar-refractivity contribution in [3.05, 3.63) is 71.7 Å². The Morgan fingerprint density at radius 2 is 1.90 bits per heavy atom. The lowest BCUT2D eigenvalue weighted by molar-refractivity contribution is -0.141. The Labute approximate surface area is 168 Å². The Balaban J connectivity index is 1.99. The Morgan fingerprint density at radius 1 is 1.17 bits per heavy atom. The quantitative estimate of drug-likeness (QED) is 0.783. The molecule has 1 heterocycles. The molecule has 7 heteroatoms. The number of allylic oxidation sites excluding steroid dienone is 1. The second-order valence-electron chi connectivity index (χ2n) is 6.54. The third-order valence-corrected chi connectivity index (χ3v) is 4.62. The number of hydrogen-bond donors (Lipinski definition) is 1. The first-order valence-corrected chi connectivity index (χ1v) is 9.24. The molecule has 0 spiro atoms. The number of anilines is 2. The van der Waals surface area contributed by atoms with Crippen molar-refractivity contribution in [2.24, 2.45) is 5.92 Å². The third kappa shape index (κ3) is 4.34. The number of benzene rings is 2. The van der Waals surface area contributed by atoms with Gasteiger partial charge < -0.3 is 10.1 Å². The van der Waals surface area contributed by atoms with Crippen LogP contribution in [0.4, 0.5) is 15.8 Å². The van der Waals surface area contributed by atoms with E-state index in [4.69, 9.17) is 4.74 Å². The lowest BCUT2D eigenvalue weighted by atomic mass is 9.88. The minimum Gasteiger partial charge on any atom is -0.463 e. The van der Waals surface area contributed by atoms with Crippen molar-refractivity contribution in [1.82, 2.24) is 0 Å². The van der Waals surface area contributed by atoms with Gasteiger partial charge in [0, 0.05) is 23.5 Å². The van der Waals surface area contributed by atoms with E-state index in [0.717, 1.165) is 0 Å². The first-order chi connectivity index (χ1) is 13.9. The molecule has 0 saturated heterocycles. The maximum Gasteiger partial charge on any atom is 0.336 e. The zero-order valence-corrected chi connectivity index (χ0v) is 16.1. The summed E-state index contributed by atoms with van der Waals surface area (Å²) >= 11 is 0. The summed E-state index contributed by atoms with van der Waals surface area (Å²) in [5.41, 5.74) is 1.30. The van der Waals surface area contributed by atoms with E-state index in [-0.39, 0.29) is 30.2 Å². The highest BCUT2D eigenvalue weighted by Crippen LogP contribution is 2.34. The average Bonchev–Trinajstić information content (AvgIpc) is 2.68. The number of ether oxygens (including phenoxy) is 1. The molecule has 0 saturated carbocycles. The topological polar surface area (TPSA) is 75.7 Å². The minimum absolute atomic E-state index is 0.115. The number of amides is 2. The monoisotopic (exact) mass is 396 g/mol. The van der Waals surface area contributed by atoms with Gasteiger partial charge in [-0.2, -0.15) is 0 Å². The van der Waals surface area contributed by atoms with Crippen LogP contribution in [0.1, 0.15) is 20.3 Å².